The van der Waals surface area contributed by atoms with Crippen molar-refractivity contribution in [3.05, 3.63) is 71.3 Å². The molecule has 0 saturated carbocycles. The SMILES string of the molecule is Cc1cc(SC#N)cc(C)c1NC(=O)COC(=O)c1ccc2ccccc2c1. The van der Waals surface area contributed by atoms with Crippen LogP contribution in [0.1, 0.15) is 21.5 Å². The van der Waals surface area contributed by atoms with E-state index in [4.69, 9.17) is 10.00 Å². The van der Waals surface area contributed by atoms with Gasteiger partial charge in [-0.1, -0.05) is 30.3 Å². The molecule has 0 fully saturated rings. The molecule has 0 atom stereocenters. The smallest absolute Gasteiger partial charge is 0.338 e. The summed E-state index contributed by atoms with van der Waals surface area (Å²) in [7, 11) is 0. The van der Waals surface area contributed by atoms with Crippen molar-refractivity contribution >= 4 is 40.1 Å². The molecule has 5 nitrogen and oxygen atoms in total. The molecule has 140 valence electrons. The Morgan fingerprint density at radius 2 is 1.71 bits per heavy atom. The third kappa shape index (κ3) is 4.51. The minimum absolute atomic E-state index is 0.376. The highest BCUT2D eigenvalue weighted by Gasteiger charge is 2.13. The predicted molar refractivity (Wildman–Crippen MR) is 110 cm³/mol. The van der Waals surface area contributed by atoms with Crippen molar-refractivity contribution < 1.29 is 14.3 Å². The second-order valence-electron chi connectivity index (χ2n) is 6.31. The maximum Gasteiger partial charge on any atom is 0.338 e. The van der Waals surface area contributed by atoms with Crippen molar-refractivity contribution in [2.45, 2.75) is 18.7 Å². The summed E-state index contributed by atoms with van der Waals surface area (Å²) in [6.45, 7) is 3.33. The van der Waals surface area contributed by atoms with Crippen LogP contribution >= 0.6 is 11.8 Å². The van der Waals surface area contributed by atoms with E-state index >= 15 is 0 Å². The number of thioether (sulfide) groups is 1. The van der Waals surface area contributed by atoms with Gasteiger partial charge in [0.15, 0.2) is 6.61 Å². The molecule has 0 saturated heterocycles. The van der Waals surface area contributed by atoms with Crippen molar-refractivity contribution in [2.75, 3.05) is 11.9 Å². The van der Waals surface area contributed by atoms with Gasteiger partial charge in [0.05, 0.1) is 5.56 Å². The van der Waals surface area contributed by atoms with E-state index in [1.54, 1.807) is 12.1 Å². The van der Waals surface area contributed by atoms with Gasteiger partial charge >= 0.3 is 5.97 Å². The number of fused-ring (bicyclic) bond motifs is 1. The number of nitriles is 1. The molecular formula is C22H18N2O3S. The highest BCUT2D eigenvalue weighted by Crippen LogP contribution is 2.27. The molecule has 6 heteroatoms. The largest absolute Gasteiger partial charge is 0.452 e. The molecule has 0 spiro atoms. The van der Waals surface area contributed by atoms with Gasteiger partial charge in [0.2, 0.25) is 0 Å². The number of hydrogen-bond acceptors (Lipinski definition) is 5. The first-order chi connectivity index (χ1) is 13.5. The molecule has 0 aliphatic carbocycles. The Morgan fingerprint density at radius 3 is 2.39 bits per heavy atom. The van der Waals surface area contributed by atoms with Crippen molar-refractivity contribution in [1.29, 1.82) is 5.26 Å². The van der Waals surface area contributed by atoms with E-state index in [1.807, 2.05) is 61.7 Å². The molecule has 3 aromatic carbocycles. The molecule has 0 bridgehead atoms. The van der Waals surface area contributed by atoms with Gasteiger partial charge in [-0.3, -0.25) is 4.79 Å². The minimum Gasteiger partial charge on any atom is -0.452 e. The monoisotopic (exact) mass is 390 g/mol. The average Bonchev–Trinajstić information content (AvgIpc) is 2.69. The van der Waals surface area contributed by atoms with Crippen molar-refractivity contribution in [3.8, 4) is 5.40 Å². The fourth-order valence-corrected chi connectivity index (χ4v) is 3.52. The fraction of sp³-hybridized carbons (Fsp3) is 0.136. The summed E-state index contributed by atoms with van der Waals surface area (Å²) in [5.74, 6) is -0.962. The number of thiocyanates is 1. The highest BCUT2D eigenvalue weighted by atomic mass is 32.2. The average molecular weight is 390 g/mol. The summed E-state index contributed by atoms with van der Waals surface area (Å²) in [6.07, 6.45) is 0. The lowest BCUT2D eigenvalue weighted by atomic mass is 10.1. The number of anilines is 1. The Balaban J connectivity index is 1.63. The van der Waals surface area contributed by atoms with Crippen LogP contribution in [0.2, 0.25) is 0 Å². The second-order valence-corrected chi connectivity index (χ2v) is 7.17. The molecule has 0 aliphatic heterocycles. The molecule has 0 heterocycles. The van der Waals surface area contributed by atoms with E-state index in [0.717, 1.165) is 38.6 Å². The number of carbonyl (C=O) groups is 2. The lowest BCUT2D eigenvalue weighted by Crippen LogP contribution is -2.21. The summed E-state index contributed by atoms with van der Waals surface area (Å²) in [6, 6.07) is 16.6. The predicted octanol–water partition coefficient (Wildman–Crippen LogP) is 4.83. The molecule has 0 unspecified atom stereocenters. The zero-order valence-corrected chi connectivity index (χ0v) is 16.3. The van der Waals surface area contributed by atoms with Crippen LogP contribution < -0.4 is 5.32 Å². The molecule has 0 aliphatic rings. The van der Waals surface area contributed by atoms with E-state index in [0.29, 0.717) is 11.3 Å². The van der Waals surface area contributed by atoms with Crippen LogP contribution in [0.15, 0.2) is 59.5 Å². The summed E-state index contributed by atoms with van der Waals surface area (Å²) < 4.78 is 5.15. The zero-order valence-electron chi connectivity index (χ0n) is 15.5. The first kappa shape index (κ1) is 19.5. The van der Waals surface area contributed by atoms with E-state index < -0.39 is 11.9 Å². The van der Waals surface area contributed by atoms with Crippen molar-refractivity contribution in [3.63, 3.8) is 0 Å². The number of amides is 1. The molecule has 0 radical (unpaired) electrons. The number of esters is 1. The second kappa shape index (κ2) is 8.59. The number of hydrogen-bond donors (Lipinski definition) is 1. The normalized spacial score (nSPS) is 10.3. The Labute approximate surface area is 167 Å². The number of ether oxygens (including phenoxy) is 1. The Bertz CT molecular complexity index is 1080. The van der Waals surface area contributed by atoms with Crippen molar-refractivity contribution in [1.82, 2.24) is 0 Å². The number of aryl methyl sites for hydroxylation is 2. The Kier molecular flexibility index (Phi) is 5.97. The van der Waals surface area contributed by atoms with Crippen LogP contribution in [0, 0.1) is 24.5 Å². The van der Waals surface area contributed by atoms with Gasteiger partial charge in [-0.15, -0.1) is 0 Å². The number of benzene rings is 3. The third-order valence-electron chi connectivity index (χ3n) is 4.25. The summed E-state index contributed by atoms with van der Waals surface area (Å²) in [5, 5.41) is 15.6. The number of carbonyl (C=O) groups excluding carboxylic acids is 2. The van der Waals surface area contributed by atoms with Crippen LogP contribution in [-0.4, -0.2) is 18.5 Å². The Morgan fingerprint density at radius 1 is 1.04 bits per heavy atom. The van der Waals surface area contributed by atoms with Gasteiger partial charge in [-0.25, -0.2) is 4.79 Å². The van der Waals surface area contributed by atoms with Crippen molar-refractivity contribution in [2.24, 2.45) is 0 Å². The lowest BCUT2D eigenvalue weighted by molar-refractivity contribution is -0.119. The number of nitrogens with one attached hydrogen (secondary N) is 1. The summed E-state index contributed by atoms with van der Waals surface area (Å²) >= 11 is 1.07. The van der Waals surface area contributed by atoms with E-state index in [2.05, 4.69) is 5.32 Å². The molecular weight excluding hydrogens is 372 g/mol. The summed E-state index contributed by atoms with van der Waals surface area (Å²) in [5.41, 5.74) is 2.74. The van der Waals surface area contributed by atoms with Crippen LogP contribution in [0.3, 0.4) is 0 Å². The van der Waals surface area contributed by atoms with Crippen LogP contribution in [0.4, 0.5) is 5.69 Å². The summed E-state index contributed by atoms with van der Waals surface area (Å²) in [4.78, 5) is 25.3. The van der Waals surface area contributed by atoms with Gasteiger partial charge in [-0.05, 0) is 71.8 Å². The molecule has 0 aromatic heterocycles. The lowest BCUT2D eigenvalue weighted by Gasteiger charge is -2.13. The molecule has 1 N–H and O–H groups in total. The maximum atomic E-state index is 12.3. The van der Waals surface area contributed by atoms with Gasteiger partial charge in [0.25, 0.3) is 5.91 Å². The maximum absolute atomic E-state index is 12.3. The van der Waals surface area contributed by atoms with Crippen LogP contribution in [-0.2, 0) is 9.53 Å². The van der Waals surface area contributed by atoms with E-state index in [-0.39, 0.29) is 6.61 Å². The zero-order chi connectivity index (χ0) is 20.1. The molecule has 3 aromatic rings. The van der Waals surface area contributed by atoms with Gasteiger partial charge in [-0.2, -0.15) is 5.26 Å². The quantitative estimate of drug-likeness (QED) is 0.384. The minimum atomic E-state index is -0.546. The molecule has 28 heavy (non-hydrogen) atoms. The fourth-order valence-electron chi connectivity index (χ4n) is 2.94. The number of nitrogens with zero attached hydrogens (tertiary/aromatic N) is 1. The van der Waals surface area contributed by atoms with Gasteiger partial charge in [0, 0.05) is 10.6 Å². The van der Waals surface area contributed by atoms with E-state index in [9.17, 15) is 9.59 Å². The highest BCUT2D eigenvalue weighted by molar-refractivity contribution is 8.03. The van der Waals surface area contributed by atoms with Crippen LogP contribution in [0.5, 0.6) is 0 Å². The van der Waals surface area contributed by atoms with Crippen LogP contribution in [0.25, 0.3) is 10.8 Å². The van der Waals surface area contributed by atoms with E-state index in [1.165, 1.54) is 0 Å². The molecule has 1 amide bonds. The van der Waals surface area contributed by atoms with Gasteiger partial charge < -0.3 is 10.1 Å². The molecule has 3 rings (SSSR count). The number of rotatable bonds is 5. The first-order valence-corrected chi connectivity index (χ1v) is 9.42. The first-order valence-electron chi connectivity index (χ1n) is 8.61. The standard InChI is InChI=1S/C22H18N2O3S/c1-14-9-19(28-13-23)10-15(2)21(14)24-20(25)12-27-22(26)18-8-7-16-5-3-4-6-17(16)11-18/h3-11H,12H2,1-2H3,(H,24,25). The van der Waals surface area contributed by atoms with Gasteiger partial charge in [0.1, 0.15) is 5.40 Å². The third-order valence-corrected chi connectivity index (χ3v) is 4.82. The topological polar surface area (TPSA) is 79.2 Å². The Hall–Kier alpha value is -3.30.